The second kappa shape index (κ2) is 6.43. The molecule has 0 spiro atoms. The highest BCUT2D eigenvalue weighted by atomic mass is 35.5. The van der Waals surface area contributed by atoms with Crippen molar-refractivity contribution in [1.82, 2.24) is 9.97 Å². The monoisotopic (exact) mass is 292 g/mol. The van der Waals surface area contributed by atoms with E-state index in [1.54, 1.807) is 0 Å². The summed E-state index contributed by atoms with van der Waals surface area (Å²) in [5.41, 5.74) is 2.48. The standard InChI is InChI=1S/C17H25ClN2/c1-2-12-7-6-8-13(11-12)17-19-15-10-5-3-4-9-14(15)16(18)20-17/h12-13H,2-11H2,1H3. The number of hydrogen-bond donors (Lipinski definition) is 0. The minimum atomic E-state index is 0.541. The van der Waals surface area contributed by atoms with Crippen LogP contribution < -0.4 is 0 Å². The Morgan fingerprint density at radius 1 is 1.05 bits per heavy atom. The molecule has 0 saturated heterocycles. The molecule has 2 atom stereocenters. The maximum Gasteiger partial charge on any atom is 0.136 e. The highest BCUT2D eigenvalue weighted by Crippen LogP contribution is 2.37. The van der Waals surface area contributed by atoms with E-state index < -0.39 is 0 Å². The van der Waals surface area contributed by atoms with Gasteiger partial charge in [0.25, 0.3) is 0 Å². The van der Waals surface area contributed by atoms with Crippen molar-refractivity contribution < 1.29 is 0 Å². The fourth-order valence-corrected chi connectivity index (χ4v) is 4.11. The Balaban J connectivity index is 1.86. The van der Waals surface area contributed by atoms with Crippen LogP contribution in [0.1, 0.15) is 81.3 Å². The van der Waals surface area contributed by atoms with Crippen molar-refractivity contribution in [1.29, 1.82) is 0 Å². The molecule has 0 bridgehead atoms. The number of halogens is 1. The molecule has 2 aliphatic rings. The van der Waals surface area contributed by atoms with Gasteiger partial charge in [-0.2, -0.15) is 0 Å². The van der Waals surface area contributed by atoms with Crippen LogP contribution in [0.15, 0.2) is 0 Å². The van der Waals surface area contributed by atoms with Crippen molar-refractivity contribution in [2.24, 2.45) is 5.92 Å². The molecule has 1 fully saturated rings. The fourth-order valence-electron chi connectivity index (χ4n) is 3.82. The second-order valence-electron chi connectivity index (χ2n) is 6.50. The van der Waals surface area contributed by atoms with E-state index in [0.717, 1.165) is 29.7 Å². The van der Waals surface area contributed by atoms with E-state index in [0.29, 0.717) is 5.92 Å². The van der Waals surface area contributed by atoms with Crippen molar-refractivity contribution in [3.8, 4) is 0 Å². The summed E-state index contributed by atoms with van der Waals surface area (Å²) in [6.45, 7) is 2.30. The number of rotatable bonds is 2. The lowest BCUT2D eigenvalue weighted by molar-refractivity contribution is 0.306. The van der Waals surface area contributed by atoms with Crippen LogP contribution in [0.4, 0.5) is 0 Å². The minimum Gasteiger partial charge on any atom is -0.237 e. The molecule has 110 valence electrons. The van der Waals surface area contributed by atoms with Gasteiger partial charge in [-0.3, -0.25) is 0 Å². The maximum atomic E-state index is 6.46. The molecule has 0 aliphatic heterocycles. The number of fused-ring (bicyclic) bond motifs is 1. The molecule has 1 saturated carbocycles. The number of aromatic nitrogens is 2. The van der Waals surface area contributed by atoms with Crippen LogP contribution in [0.25, 0.3) is 0 Å². The van der Waals surface area contributed by atoms with Gasteiger partial charge in [0.15, 0.2) is 0 Å². The molecular weight excluding hydrogens is 268 g/mol. The van der Waals surface area contributed by atoms with Crippen molar-refractivity contribution in [3.63, 3.8) is 0 Å². The van der Waals surface area contributed by atoms with Crippen LogP contribution in [0, 0.1) is 5.92 Å². The molecule has 2 nitrogen and oxygen atoms in total. The Hall–Kier alpha value is -0.630. The molecule has 0 radical (unpaired) electrons. The molecule has 1 heterocycles. The molecule has 1 aromatic heterocycles. The van der Waals surface area contributed by atoms with Gasteiger partial charge in [0.2, 0.25) is 0 Å². The van der Waals surface area contributed by atoms with Gasteiger partial charge >= 0.3 is 0 Å². The smallest absolute Gasteiger partial charge is 0.136 e. The average molecular weight is 293 g/mol. The predicted octanol–water partition coefficient (Wildman–Crippen LogP) is 5.08. The molecule has 3 rings (SSSR count). The Kier molecular flexibility index (Phi) is 4.60. The third-order valence-electron chi connectivity index (χ3n) is 5.13. The topological polar surface area (TPSA) is 25.8 Å². The summed E-state index contributed by atoms with van der Waals surface area (Å²) in [5, 5.41) is 0.741. The maximum absolute atomic E-state index is 6.46. The van der Waals surface area contributed by atoms with E-state index in [-0.39, 0.29) is 0 Å². The third kappa shape index (κ3) is 3.00. The molecular formula is C17H25ClN2. The van der Waals surface area contributed by atoms with Gasteiger partial charge in [0, 0.05) is 17.2 Å². The molecule has 0 aromatic carbocycles. The first-order chi connectivity index (χ1) is 9.78. The normalized spacial score (nSPS) is 26.9. The molecule has 3 heteroatoms. The number of nitrogens with zero attached hydrogens (tertiary/aromatic N) is 2. The Morgan fingerprint density at radius 2 is 1.90 bits per heavy atom. The van der Waals surface area contributed by atoms with Crippen LogP contribution >= 0.6 is 11.6 Å². The van der Waals surface area contributed by atoms with Gasteiger partial charge in [-0.25, -0.2) is 9.97 Å². The highest BCUT2D eigenvalue weighted by molar-refractivity contribution is 6.30. The summed E-state index contributed by atoms with van der Waals surface area (Å²) >= 11 is 6.46. The first-order valence-electron chi connectivity index (χ1n) is 8.33. The zero-order chi connectivity index (χ0) is 13.9. The molecule has 20 heavy (non-hydrogen) atoms. The van der Waals surface area contributed by atoms with Gasteiger partial charge in [-0.15, -0.1) is 0 Å². The third-order valence-corrected chi connectivity index (χ3v) is 5.44. The van der Waals surface area contributed by atoms with Gasteiger partial charge in [0.05, 0.1) is 0 Å². The van der Waals surface area contributed by atoms with Gasteiger partial charge < -0.3 is 0 Å². The lowest BCUT2D eigenvalue weighted by atomic mass is 9.80. The van der Waals surface area contributed by atoms with Crippen molar-refractivity contribution in [2.45, 2.75) is 77.0 Å². The summed E-state index contributed by atoms with van der Waals surface area (Å²) in [5.74, 6) is 2.43. The van der Waals surface area contributed by atoms with Crippen molar-refractivity contribution >= 4 is 11.6 Å². The Morgan fingerprint density at radius 3 is 2.75 bits per heavy atom. The molecule has 2 aliphatic carbocycles. The number of aryl methyl sites for hydroxylation is 1. The van der Waals surface area contributed by atoms with Gasteiger partial charge in [-0.05, 0) is 44.4 Å². The molecule has 2 unspecified atom stereocenters. The van der Waals surface area contributed by atoms with Gasteiger partial charge in [-0.1, -0.05) is 44.2 Å². The van der Waals surface area contributed by atoms with Crippen LogP contribution in [0.5, 0.6) is 0 Å². The van der Waals surface area contributed by atoms with Crippen molar-refractivity contribution in [2.75, 3.05) is 0 Å². The van der Waals surface area contributed by atoms with E-state index >= 15 is 0 Å². The zero-order valence-corrected chi connectivity index (χ0v) is 13.3. The first kappa shape index (κ1) is 14.3. The Labute approximate surface area is 127 Å². The lowest BCUT2D eigenvalue weighted by Gasteiger charge is -2.28. The van der Waals surface area contributed by atoms with Crippen LogP contribution in [-0.2, 0) is 12.8 Å². The van der Waals surface area contributed by atoms with E-state index in [2.05, 4.69) is 11.9 Å². The summed E-state index contributed by atoms with van der Waals surface area (Å²) in [7, 11) is 0. The first-order valence-corrected chi connectivity index (χ1v) is 8.71. The van der Waals surface area contributed by atoms with E-state index in [1.165, 1.54) is 62.6 Å². The van der Waals surface area contributed by atoms with E-state index in [1.807, 2.05) is 0 Å². The number of hydrogen-bond acceptors (Lipinski definition) is 2. The van der Waals surface area contributed by atoms with Crippen molar-refractivity contribution in [3.05, 3.63) is 22.2 Å². The van der Waals surface area contributed by atoms with Gasteiger partial charge in [0.1, 0.15) is 11.0 Å². The summed E-state index contributed by atoms with van der Waals surface area (Å²) in [6, 6.07) is 0. The zero-order valence-electron chi connectivity index (χ0n) is 12.5. The SMILES string of the molecule is CCC1CCCC(c2nc(Cl)c3c(n2)CCCCC3)C1. The quantitative estimate of drug-likeness (QED) is 0.561. The van der Waals surface area contributed by atoms with E-state index in [4.69, 9.17) is 16.6 Å². The fraction of sp³-hybridized carbons (Fsp3) is 0.765. The summed E-state index contributed by atoms with van der Waals surface area (Å²) < 4.78 is 0. The minimum absolute atomic E-state index is 0.541. The van der Waals surface area contributed by atoms with E-state index in [9.17, 15) is 0 Å². The van der Waals surface area contributed by atoms with Crippen LogP contribution in [0.2, 0.25) is 5.15 Å². The highest BCUT2D eigenvalue weighted by Gasteiger charge is 2.26. The Bertz CT molecular complexity index is 472. The molecule has 1 aromatic rings. The summed E-state index contributed by atoms with van der Waals surface area (Å²) in [4.78, 5) is 9.61. The summed E-state index contributed by atoms with van der Waals surface area (Å²) in [6.07, 6.45) is 12.4. The largest absolute Gasteiger partial charge is 0.237 e. The van der Waals surface area contributed by atoms with Crippen LogP contribution in [0.3, 0.4) is 0 Å². The average Bonchev–Trinajstić information content (AvgIpc) is 2.73. The lowest BCUT2D eigenvalue weighted by Crippen LogP contribution is -2.17. The molecule has 0 amide bonds. The molecule has 0 N–H and O–H groups in total. The van der Waals surface area contributed by atoms with Crippen LogP contribution in [-0.4, -0.2) is 9.97 Å². The predicted molar refractivity (Wildman–Crippen MR) is 83.3 cm³/mol. The second-order valence-corrected chi connectivity index (χ2v) is 6.85.